The molecule has 2 rings (SSSR count). The van der Waals surface area contributed by atoms with E-state index < -0.39 is 11.7 Å². The molecule has 0 radical (unpaired) electrons. The Kier molecular flexibility index (Phi) is 3.62. The van der Waals surface area contributed by atoms with E-state index in [1.165, 1.54) is 23.0 Å². The first-order valence-electron chi connectivity index (χ1n) is 5.86. The molecule has 1 aromatic carbocycles. The standard InChI is InChI=1S/C13H15FN4O/c1-8(16-2)9-4-3-5-10(14)12(9)18-7-6-11(17-18)13(15)19/h3-8,16H,1-2H3,(H2,15,19). The molecule has 2 aromatic rings. The van der Waals surface area contributed by atoms with Gasteiger partial charge < -0.3 is 11.1 Å². The van der Waals surface area contributed by atoms with Crippen LogP contribution in [0.25, 0.3) is 5.69 Å². The maximum absolute atomic E-state index is 14.0. The van der Waals surface area contributed by atoms with Gasteiger partial charge in [0.15, 0.2) is 0 Å². The number of nitrogens with two attached hydrogens (primary N) is 1. The van der Waals surface area contributed by atoms with Gasteiger partial charge in [-0.05, 0) is 31.7 Å². The molecule has 0 aliphatic heterocycles. The third-order valence-corrected chi connectivity index (χ3v) is 2.99. The van der Waals surface area contributed by atoms with Crippen molar-refractivity contribution in [2.45, 2.75) is 13.0 Å². The highest BCUT2D eigenvalue weighted by atomic mass is 19.1. The predicted molar refractivity (Wildman–Crippen MR) is 69.5 cm³/mol. The van der Waals surface area contributed by atoms with E-state index in [-0.39, 0.29) is 11.7 Å². The quantitative estimate of drug-likeness (QED) is 0.874. The van der Waals surface area contributed by atoms with Gasteiger partial charge in [-0.15, -0.1) is 0 Å². The molecule has 100 valence electrons. The van der Waals surface area contributed by atoms with Crippen LogP contribution in [0.15, 0.2) is 30.5 Å². The Bertz CT molecular complexity index is 608. The van der Waals surface area contributed by atoms with Crippen LogP contribution in [0.5, 0.6) is 0 Å². The molecule has 0 spiro atoms. The SMILES string of the molecule is CNC(C)c1cccc(F)c1-n1ccc(C(N)=O)n1. The fourth-order valence-electron chi connectivity index (χ4n) is 1.86. The lowest BCUT2D eigenvalue weighted by atomic mass is 10.1. The second kappa shape index (κ2) is 5.19. The van der Waals surface area contributed by atoms with Crippen molar-refractivity contribution < 1.29 is 9.18 Å². The van der Waals surface area contributed by atoms with Crippen LogP contribution in [0.1, 0.15) is 29.0 Å². The highest BCUT2D eigenvalue weighted by Gasteiger charge is 2.16. The molecule has 0 saturated heterocycles. The number of carbonyl (C=O) groups excluding carboxylic acids is 1. The molecule has 0 bridgehead atoms. The van der Waals surface area contributed by atoms with Gasteiger partial charge in [-0.3, -0.25) is 4.79 Å². The molecule has 19 heavy (non-hydrogen) atoms. The Labute approximate surface area is 110 Å². The molecule has 1 amide bonds. The summed E-state index contributed by atoms with van der Waals surface area (Å²) in [4.78, 5) is 11.0. The summed E-state index contributed by atoms with van der Waals surface area (Å²) in [6.45, 7) is 1.91. The maximum Gasteiger partial charge on any atom is 0.269 e. The molecule has 0 aliphatic rings. The first-order chi connectivity index (χ1) is 9.04. The zero-order chi connectivity index (χ0) is 14.0. The van der Waals surface area contributed by atoms with Crippen LogP contribution in [-0.2, 0) is 0 Å². The minimum absolute atomic E-state index is 0.0491. The number of para-hydroxylation sites is 1. The van der Waals surface area contributed by atoms with Crippen LogP contribution in [0, 0.1) is 5.82 Å². The largest absolute Gasteiger partial charge is 0.364 e. The summed E-state index contributed by atoms with van der Waals surface area (Å²) in [5.41, 5.74) is 6.32. The highest BCUT2D eigenvalue weighted by molar-refractivity contribution is 5.90. The topological polar surface area (TPSA) is 72.9 Å². The molecule has 3 N–H and O–H groups in total. The van der Waals surface area contributed by atoms with Gasteiger partial charge in [-0.1, -0.05) is 12.1 Å². The molecule has 1 unspecified atom stereocenters. The lowest BCUT2D eigenvalue weighted by Crippen LogP contribution is -2.17. The van der Waals surface area contributed by atoms with Crippen LogP contribution in [0.2, 0.25) is 0 Å². The Morgan fingerprint density at radius 1 is 1.47 bits per heavy atom. The van der Waals surface area contributed by atoms with Gasteiger partial charge in [0.25, 0.3) is 5.91 Å². The molecule has 6 heteroatoms. The Morgan fingerprint density at radius 3 is 2.79 bits per heavy atom. The van der Waals surface area contributed by atoms with Crippen LogP contribution in [0.4, 0.5) is 4.39 Å². The summed E-state index contributed by atoms with van der Waals surface area (Å²) < 4.78 is 15.4. The number of hydrogen-bond acceptors (Lipinski definition) is 3. The summed E-state index contributed by atoms with van der Waals surface area (Å²) in [6.07, 6.45) is 1.52. The number of carbonyl (C=O) groups is 1. The summed E-state index contributed by atoms with van der Waals surface area (Å²) in [7, 11) is 1.79. The number of benzene rings is 1. The van der Waals surface area contributed by atoms with Crippen molar-refractivity contribution >= 4 is 5.91 Å². The van der Waals surface area contributed by atoms with Crippen molar-refractivity contribution in [1.29, 1.82) is 0 Å². The summed E-state index contributed by atoms with van der Waals surface area (Å²) in [6, 6.07) is 6.22. The first-order valence-corrected chi connectivity index (χ1v) is 5.86. The van der Waals surface area contributed by atoms with Crippen molar-refractivity contribution in [2.24, 2.45) is 5.73 Å². The van der Waals surface area contributed by atoms with Crippen LogP contribution in [0.3, 0.4) is 0 Å². The van der Waals surface area contributed by atoms with Crippen molar-refractivity contribution in [1.82, 2.24) is 15.1 Å². The fourth-order valence-corrected chi connectivity index (χ4v) is 1.86. The van der Waals surface area contributed by atoms with E-state index in [0.29, 0.717) is 5.69 Å². The van der Waals surface area contributed by atoms with Crippen LogP contribution < -0.4 is 11.1 Å². The van der Waals surface area contributed by atoms with E-state index in [0.717, 1.165) is 5.56 Å². The van der Waals surface area contributed by atoms with Crippen molar-refractivity contribution in [3.05, 3.63) is 47.5 Å². The molecule has 5 nitrogen and oxygen atoms in total. The monoisotopic (exact) mass is 262 g/mol. The zero-order valence-electron chi connectivity index (χ0n) is 10.7. The molecular weight excluding hydrogens is 247 g/mol. The zero-order valence-corrected chi connectivity index (χ0v) is 10.7. The fraction of sp³-hybridized carbons (Fsp3) is 0.231. The van der Waals surface area contributed by atoms with Crippen molar-refractivity contribution in [3.63, 3.8) is 0 Å². The second-order valence-electron chi connectivity index (χ2n) is 4.20. The minimum atomic E-state index is -0.640. The molecular formula is C13H15FN4O. The smallest absolute Gasteiger partial charge is 0.269 e. The molecule has 1 atom stereocenters. The maximum atomic E-state index is 14.0. The van der Waals surface area contributed by atoms with E-state index in [1.54, 1.807) is 13.1 Å². The van der Waals surface area contributed by atoms with E-state index >= 15 is 0 Å². The second-order valence-corrected chi connectivity index (χ2v) is 4.20. The van der Waals surface area contributed by atoms with Gasteiger partial charge in [0, 0.05) is 12.2 Å². The Hall–Kier alpha value is -2.21. The molecule has 1 aromatic heterocycles. The molecule has 0 aliphatic carbocycles. The average Bonchev–Trinajstić information content (AvgIpc) is 2.87. The van der Waals surface area contributed by atoms with E-state index in [4.69, 9.17) is 5.73 Å². The summed E-state index contributed by atoms with van der Waals surface area (Å²) in [5, 5.41) is 7.04. The summed E-state index contributed by atoms with van der Waals surface area (Å²) >= 11 is 0. The number of rotatable bonds is 4. The molecule has 1 heterocycles. The van der Waals surface area contributed by atoms with Gasteiger partial charge in [0.2, 0.25) is 0 Å². The number of hydrogen-bond donors (Lipinski definition) is 2. The van der Waals surface area contributed by atoms with Crippen LogP contribution in [-0.4, -0.2) is 22.7 Å². The number of halogens is 1. The van der Waals surface area contributed by atoms with Gasteiger partial charge in [-0.25, -0.2) is 9.07 Å². The van der Waals surface area contributed by atoms with Gasteiger partial charge >= 0.3 is 0 Å². The third kappa shape index (κ3) is 2.48. The lowest BCUT2D eigenvalue weighted by Gasteiger charge is -2.16. The van der Waals surface area contributed by atoms with Gasteiger partial charge in [-0.2, -0.15) is 5.10 Å². The highest BCUT2D eigenvalue weighted by Crippen LogP contribution is 2.24. The van der Waals surface area contributed by atoms with Gasteiger partial charge in [0.05, 0.1) is 0 Å². The number of nitrogens with zero attached hydrogens (tertiary/aromatic N) is 2. The number of nitrogens with one attached hydrogen (secondary N) is 1. The number of aromatic nitrogens is 2. The predicted octanol–water partition coefficient (Wildman–Crippen LogP) is 1.39. The van der Waals surface area contributed by atoms with Crippen LogP contribution >= 0.6 is 0 Å². The van der Waals surface area contributed by atoms with E-state index in [9.17, 15) is 9.18 Å². The molecule has 0 fully saturated rings. The Morgan fingerprint density at radius 2 is 2.21 bits per heavy atom. The normalized spacial score (nSPS) is 12.4. The lowest BCUT2D eigenvalue weighted by molar-refractivity contribution is 0.0995. The summed E-state index contributed by atoms with van der Waals surface area (Å²) in [5.74, 6) is -1.04. The van der Waals surface area contributed by atoms with E-state index in [2.05, 4.69) is 10.4 Å². The van der Waals surface area contributed by atoms with Gasteiger partial charge in [0.1, 0.15) is 17.2 Å². The minimum Gasteiger partial charge on any atom is -0.364 e. The first kappa shape index (κ1) is 13.2. The molecule has 0 saturated carbocycles. The number of primary amides is 1. The Balaban J connectivity index is 2.56. The van der Waals surface area contributed by atoms with E-state index in [1.807, 2.05) is 13.0 Å². The third-order valence-electron chi connectivity index (χ3n) is 2.99. The van der Waals surface area contributed by atoms with Crippen molar-refractivity contribution in [3.8, 4) is 5.69 Å². The average molecular weight is 262 g/mol. The number of amides is 1. The van der Waals surface area contributed by atoms with Crippen molar-refractivity contribution in [2.75, 3.05) is 7.05 Å².